The molecule has 1 atom stereocenters. The minimum absolute atomic E-state index is 0.0891. The quantitative estimate of drug-likeness (QED) is 0.824. The van der Waals surface area contributed by atoms with E-state index in [4.69, 9.17) is 5.73 Å². The van der Waals surface area contributed by atoms with Crippen LogP contribution in [0.3, 0.4) is 0 Å². The fourth-order valence-corrected chi connectivity index (χ4v) is 2.78. The van der Waals surface area contributed by atoms with Crippen molar-refractivity contribution < 1.29 is 9.90 Å². The van der Waals surface area contributed by atoms with Gasteiger partial charge in [0.2, 0.25) is 0 Å². The Morgan fingerprint density at radius 2 is 1.95 bits per heavy atom. The molecule has 4 heteroatoms. The molecule has 0 amide bonds. The number of aliphatic hydroxyl groups excluding tert-OH is 1. The Bertz CT molecular complexity index is 560. The van der Waals surface area contributed by atoms with Gasteiger partial charge in [0.25, 0.3) is 0 Å². The summed E-state index contributed by atoms with van der Waals surface area (Å²) in [7, 11) is 0. The predicted octanol–water partition coefficient (Wildman–Crippen LogP) is 3.00. The molecule has 1 unspecified atom stereocenters. The first-order chi connectivity index (χ1) is 9.11. The van der Waals surface area contributed by atoms with Gasteiger partial charge in [-0.25, -0.2) is 0 Å². The van der Waals surface area contributed by atoms with Gasteiger partial charge in [0.05, 0.1) is 11.0 Å². The Labute approximate surface area is 116 Å². The van der Waals surface area contributed by atoms with Crippen LogP contribution in [0.15, 0.2) is 36.4 Å². The van der Waals surface area contributed by atoms with Gasteiger partial charge in [-0.05, 0) is 43.1 Å². The second kappa shape index (κ2) is 6.10. The van der Waals surface area contributed by atoms with Gasteiger partial charge in [0, 0.05) is 4.88 Å². The van der Waals surface area contributed by atoms with Gasteiger partial charge in [0.15, 0.2) is 5.78 Å². The summed E-state index contributed by atoms with van der Waals surface area (Å²) >= 11 is 1.49. The van der Waals surface area contributed by atoms with Gasteiger partial charge in [-0.2, -0.15) is 0 Å². The van der Waals surface area contributed by atoms with Crippen LogP contribution < -0.4 is 5.73 Å². The number of benzene rings is 1. The zero-order chi connectivity index (χ0) is 13.8. The van der Waals surface area contributed by atoms with Crippen LogP contribution >= 0.6 is 11.3 Å². The lowest BCUT2D eigenvalue weighted by Crippen LogP contribution is -2.06. The Hall–Kier alpha value is -1.49. The number of nitrogens with two attached hydrogens (primary N) is 1. The highest BCUT2D eigenvalue weighted by molar-refractivity contribution is 7.17. The number of thiophene rings is 1. The normalized spacial score (nSPS) is 12.4. The number of Topliss-reactive ketones (excluding diaryl/α,β-unsaturated/α-hetero) is 1. The molecule has 0 spiro atoms. The first-order valence-electron chi connectivity index (χ1n) is 6.21. The van der Waals surface area contributed by atoms with Crippen LogP contribution in [0.4, 0.5) is 0 Å². The van der Waals surface area contributed by atoms with E-state index in [0.29, 0.717) is 13.0 Å². The number of hydrogen-bond acceptors (Lipinski definition) is 4. The van der Waals surface area contributed by atoms with Crippen LogP contribution in [-0.4, -0.2) is 17.4 Å². The van der Waals surface area contributed by atoms with Gasteiger partial charge >= 0.3 is 0 Å². The molecule has 3 N–H and O–H groups in total. The highest BCUT2D eigenvalue weighted by Gasteiger charge is 2.09. The third-order valence-corrected chi connectivity index (χ3v) is 4.21. The minimum atomic E-state index is -0.504. The summed E-state index contributed by atoms with van der Waals surface area (Å²) in [6.07, 6.45) is 0.0579. The molecule has 0 radical (unpaired) electrons. The van der Waals surface area contributed by atoms with E-state index in [9.17, 15) is 9.90 Å². The number of hydrogen-bond donors (Lipinski definition) is 2. The van der Waals surface area contributed by atoms with Crippen LogP contribution in [-0.2, 0) is 0 Å². The van der Waals surface area contributed by atoms with Crippen LogP contribution in [0.2, 0.25) is 0 Å². The molecule has 1 aromatic carbocycles. The van der Waals surface area contributed by atoms with Gasteiger partial charge in [-0.15, -0.1) is 11.3 Å². The topological polar surface area (TPSA) is 63.3 Å². The molecule has 100 valence electrons. The van der Waals surface area contributed by atoms with E-state index in [2.05, 4.69) is 0 Å². The summed E-state index contributed by atoms with van der Waals surface area (Å²) in [5.74, 6) is 0.0891. The van der Waals surface area contributed by atoms with Crippen LogP contribution in [0.1, 0.15) is 34.7 Å². The van der Waals surface area contributed by atoms with Crippen LogP contribution in [0, 0.1) is 0 Å². The van der Waals surface area contributed by atoms with E-state index in [1.165, 1.54) is 11.3 Å². The SMILES string of the molecule is CC(=O)c1ccc(-c2ccc(C(O)CCN)cc2)s1. The van der Waals surface area contributed by atoms with E-state index in [1.54, 1.807) is 6.92 Å². The molecule has 0 aliphatic carbocycles. The standard InChI is InChI=1S/C15H17NO2S/c1-10(17)14-6-7-15(19-14)12-4-2-11(3-5-12)13(18)8-9-16/h2-7,13,18H,8-9,16H2,1H3. The van der Waals surface area contributed by atoms with Crippen LogP contribution in [0.5, 0.6) is 0 Å². The number of carbonyl (C=O) groups is 1. The maximum absolute atomic E-state index is 11.3. The monoisotopic (exact) mass is 275 g/mol. The maximum atomic E-state index is 11.3. The average Bonchev–Trinajstić information content (AvgIpc) is 2.89. The number of rotatable bonds is 5. The maximum Gasteiger partial charge on any atom is 0.169 e. The van der Waals surface area contributed by atoms with E-state index >= 15 is 0 Å². The first-order valence-corrected chi connectivity index (χ1v) is 7.02. The van der Waals surface area contributed by atoms with Gasteiger partial charge in [-0.3, -0.25) is 4.79 Å². The molecule has 0 saturated heterocycles. The molecular formula is C15H17NO2S. The molecule has 1 heterocycles. The molecule has 0 bridgehead atoms. The minimum Gasteiger partial charge on any atom is -0.388 e. The largest absolute Gasteiger partial charge is 0.388 e. The van der Waals surface area contributed by atoms with Crippen molar-refractivity contribution >= 4 is 17.1 Å². The second-order valence-corrected chi connectivity index (χ2v) is 5.52. The smallest absolute Gasteiger partial charge is 0.169 e. The number of aliphatic hydroxyl groups is 1. The summed E-state index contributed by atoms with van der Waals surface area (Å²) in [5, 5.41) is 9.84. The molecule has 19 heavy (non-hydrogen) atoms. The number of carbonyl (C=O) groups excluding carboxylic acids is 1. The lowest BCUT2D eigenvalue weighted by molar-refractivity contribution is 0.102. The molecule has 1 aromatic heterocycles. The molecule has 3 nitrogen and oxygen atoms in total. The van der Waals surface area contributed by atoms with E-state index in [-0.39, 0.29) is 5.78 Å². The third-order valence-electron chi connectivity index (χ3n) is 2.97. The van der Waals surface area contributed by atoms with Crippen molar-refractivity contribution in [3.05, 3.63) is 46.8 Å². The average molecular weight is 275 g/mol. The third kappa shape index (κ3) is 3.29. The van der Waals surface area contributed by atoms with Crippen molar-refractivity contribution in [1.82, 2.24) is 0 Å². The second-order valence-electron chi connectivity index (χ2n) is 4.44. The highest BCUT2D eigenvalue weighted by Crippen LogP contribution is 2.29. The molecule has 2 rings (SSSR count). The van der Waals surface area contributed by atoms with Crippen molar-refractivity contribution in [1.29, 1.82) is 0 Å². The molecule has 0 saturated carbocycles. The Morgan fingerprint density at radius 3 is 2.47 bits per heavy atom. The van der Waals surface area contributed by atoms with Crippen molar-refractivity contribution in [2.24, 2.45) is 5.73 Å². The molecular weight excluding hydrogens is 258 g/mol. The van der Waals surface area contributed by atoms with E-state index < -0.39 is 6.10 Å². The van der Waals surface area contributed by atoms with Gasteiger partial charge < -0.3 is 10.8 Å². The van der Waals surface area contributed by atoms with E-state index in [1.807, 2.05) is 36.4 Å². The van der Waals surface area contributed by atoms with Gasteiger partial charge in [0.1, 0.15) is 0 Å². The lowest BCUT2D eigenvalue weighted by Gasteiger charge is -2.09. The first kappa shape index (κ1) is 13.9. The van der Waals surface area contributed by atoms with Crippen molar-refractivity contribution in [3.8, 4) is 10.4 Å². The summed E-state index contributed by atoms with van der Waals surface area (Å²) in [6, 6.07) is 11.5. The fourth-order valence-electron chi connectivity index (χ4n) is 1.88. The highest BCUT2D eigenvalue weighted by atomic mass is 32.1. The lowest BCUT2D eigenvalue weighted by atomic mass is 10.0. The molecule has 0 aliphatic rings. The van der Waals surface area contributed by atoms with Crippen molar-refractivity contribution in [2.45, 2.75) is 19.4 Å². The summed E-state index contributed by atoms with van der Waals surface area (Å²) in [4.78, 5) is 13.1. The summed E-state index contributed by atoms with van der Waals surface area (Å²) in [5.41, 5.74) is 7.36. The van der Waals surface area contributed by atoms with Crippen molar-refractivity contribution in [2.75, 3.05) is 6.54 Å². The molecule has 0 fully saturated rings. The number of ketones is 1. The Morgan fingerprint density at radius 1 is 1.26 bits per heavy atom. The van der Waals surface area contributed by atoms with Crippen LogP contribution in [0.25, 0.3) is 10.4 Å². The Kier molecular flexibility index (Phi) is 4.47. The zero-order valence-electron chi connectivity index (χ0n) is 10.8. The zero-order valence-corrected chi connectivity index (χ0v) is 11.6. The van der Waals surface area contributed by atoms with Crippen molar-refractivity contribution in [3.63, 3.8) is 0 Å². The molecule has 2 aromatic rings. The van der Waals surface area contributed by atoms with Gasteiger partial charge in [-0.1, -0.05) is 24.3 Å². The predicted molar refractivity (Wildman–Crippen MR) is 78.4 cm³/mol. The summed E-state index contributed by atoms with van der Waals surface area (Å²) in [6.45, 7) is 2.04. The molecule has 0 aliphatic heterocycles. The van der Waals surface area contributed by atoms with E-state index in [0.717, 1.165) is 20.9 Å². The Balaban J connectivity index is 2.19. The fraction of sp³-hybridized carbons (Fsp3) is 0.267. The summed E-state index contributed by atoms with van der Waals surface area (Å²) < 4.78 is 0.